The van der Waals surface area contributed by atoms with Crippen molar-refractivity contribution in [3.05, 3.63) is 89.2 Å². The van der Waals surface area contributed by atoms with Gasteiger partial charge in [0.2, 0.25) is 5.91 Å². The SMILES string of the molecule is CC(=O)N1CCC(n2cc(Cc3ncc4c(n3)-c3c(nn(C)c3Cc3cccc(-c5cnn(C)c5)c3)CC4)cn2)CC1. The van der Waals surface area contributed by atoms with Crippen LogP contribution in [-0.4, -0.2) is 63.2 Å². The van der Waals surface area contributed by atoms with Crippen LogP contribution < -0.4 is 0 Å². The number of likely N-dealkylation sites (tertiary alicyclic amines) is 1. The standard InChI is InChI=1S/C32H35N9O/c1-21(42)40-11-9-27(10-12-40)41-19-23(16-35-41)15-30-33-17-25-7-8-28-31(32(25)36-30)29(39(3)37-28)14-22-5-4-6-24(13-22)26-18-34-38(2)20-26/h4-6,13,16-20,27H,7-12,14-15H2,1-3H3. The molecule has 1 saturated heterocycles. The third-order valence-electron chi connectivity index (χ3n) is 8.66. The van der Waals surface area contributed by atoms with Crippen molar-refractivity contribution in [1.82, 2.24) is 44.2 Å². The number of hydrogen-bond donors (Lipinski definition) is 0. The van der Waals surface area contributed by atoms with Crippen LogP contribution in [0.5, 0.6) is 0 Å². The first-order valence-electron chi connectivity index (χ1n) is 14.7. The molecule has 10 nitrogen and oxygen atoms in total. The molecule has 5 heterocycles. The van der Waals surface area contributed by atoms with Crippen molar-refractivity contribution in [1.29, 1.82) is 0 Å². The Kier molecular flexibility index (Phi) is 6.68. The van der Waals surface area contributed by atoms with Crippen LogP contribution in [0.4, 0.5) is 0 Å². The molecule has 0 saturated carbocycles. The van der Waals surface area contributed by atoms with Crippen molar-refractivity contribution >= 4 is 5.91 Å². The summed E-state index contributed by atoms with van der Waals surface area (Å²) in [7, 11) is 3.98. The van der Waals surface area contributed by atoms with E-state index in [1.807, 2.05) is 53.1 Å². The van der Waals surface area contributed by atoms with Gasteiger partial charge >= 0.3 is 0 Å². The fourth-order valence-corrected chi connectivity index (χ4v) is 6.37. The summed E-state index contributed by atoms with van der Waals surface area (Å²) in [6, 6.07) is 8.98. The van der Waals surface area contributed by atoms with Crippen LogP contribution in [0.2, 0.25) is 0 Å². The monoisotopic (exact) mass is 561 g/mol. The summed E-state index contributed by atoms with van der Waals surface area (Å²) in [5.74, 6) is 0.943. The maximum Gasteiger partial charge on any atom is 0.219 e. The van der Waals surface area contributed by atoms with Crippen molar-refractivity contribution in [3.63, 3.8) is 0 Å². The molecule has 1 aliphatic carbocycles. The van der Waals surface area contributed by atoms with Gasteiger partial charge in [0.1, 0.15) is 5.82 Å². The second kappa shape index (κ2) is 10.7. The van der Waals surface area contributed by atoms with Gasteiger partial charge in [-0.1, -0.05) is 24.3 Å². The Morgan fingerprint density at radius 2 is 1.81 bits per heavy atom. The first-order chi connectivity index (χ1) is 20.4. The minimum absolute atomic E-state index is 0.150. The summed E-state index contributed by atoms with van der Waals surface area (Å²) in [6.07, 6.45) is 15.0. The molecule has 5 aromatic rings. The highest BCUT2D eigenvalue weighted by atomic mass is 16.2. The number of fused-ring (bicyclic) bond motifs is 3. The molecule has 1 aliphatic heterocycles. The molecule has 7 rings (SSSR count). The Hall–Kier alpha value is -4.60. The van der Waals surface area contributed by atoms with Gasteiger partial charge in [0, 0.05) is 76.7 Å². The van der Waals surface area contributed by atoms with E-state index in [2.05, 4.69) is 45.3 Å². The molecule has 0 bridgehead atoms. The van der Waals surface area contributed by atoms with Gasteiger partial charge in [-0.25, -0.2) is 9.97 Å². The molecular formula is C32H35N9O. The highest BCUT2D eigenvalue weighted by Gasteiger charge is 2.27. The summed E-state index contributed by atoms with van der Waals surface area (Å²) < 4.78 is 5.92. The summed E-state index contributed by atoms with van der Waals surface area (Å²) in [4.78, 5) is 23.5. The Bertz CT molecular complexity index is 1770. The number of nitrogens with zero attached hydrogens (tertiary/aromatic N) is 9. The molecule has 0 radical (unpaired) electrons. The maximum atomic E-state index is 11.7. The van der Waals surface area contributed by atoms with Crippen molar-refractivity contribution < 1.29 is 4.79 Å². The van der Waals surface area contributed by atoms with E-state index in [1.165, 1.54) is 16.8 Å². The zero-order chi connectivity index (χ0) is 28.8. The Labute approximate surface area is 245 Å². The van der Waals surface area contributed by atoms with Gasteiger partial charge in [0.25, 0.3) is 0 Å². The van der Waals surface area contributed by atoms with Crippen LogP contribution in [0, 0.1) is 0 Å². The van der Waals surface area contributed by atoms with E-state index < -0.39 is 0 Å². The number of hydrogen-bond acceptors (Lipinski definition) is 6. The molecule has 2 aliphatic rings. The summed E-state index contributed by atoms with van der Waals surface area (Å²) in [5.41, 5.74) is 10.2. The highest BCUT2D eigenvalue weighted by Crippen LogP contribution is 2.36. The summed E-state index contributed by atoms with van der Waals surface area (Å²) in [5, 5.41) is 13.9. The third-order valence-corrected chi connectivity index (χ3v) is 8.66. The third kappa shape index (κ3) is 5.01. The van der Waals surface area contributed by atoms with Crippen LogP contribution in [0.15, 0.2) is 55.2 Å². The van der Waals surface area contributed by atoms with Gasteiger partial charge in [-0.2, -0.15) is 15.3 Å². The lowest BCUT2D eigenvalue weighted by molar-refractivity contribution is -0.130. The predicted molar refractivity (Wildman–Crippen MR) is 159 cm³/mol. The zero-order valence-corrected chi connectivity index (χ0v) is 24.4. The quantitative estimate of drug-likeness (QED) is 0.311. The molecule has 1 aromatic carbocycles. The van der Waals surface area contributed by atoms with Crippen molar-refractivity contribution in [2.45, 2.75) is 51.5 Å². The van der Waals surface area contributed by atoms with E-state index in [0.29, 0.717) is 12.5 Å². The van der Waals surface area contributed by atoms with Gasteiger partial charge in [0.05, 0.1) is 35.5 Å². The molecule has 1 fully saturated rings. The van der Waals surface area contributed by atoms with E-state index >= 15 is 0 Å². The number of amides is 1. The van der Waals surface area contributed by atoms with Gasteiger partial charge in [-0.15, -0.1) is 0 Å². The number of carbonyl (C=O) groups is 1. The maximum absolute atomic E-state index is 11.7. The Balaban J connectivity index is 1.13. The highest BCUT2D eigenvalue weighted by molar-refractivity contribution is 5.73. The predicted octanol–water partition coefficient (Wildman–Crippen LogP) is 3.94. The number of aromatic nitrogens is 8. The molecule has 214 valence electrons. The lowest BCUT2D eigenvalue weighted by atomic mass is 9.91. The van der Waals surface area contributed by atoms with Crippen LogP contribution >= 0.6 is 0 Å². The van der Waals surface area contributed by atoms with Crippen LogP contribution in [0.25, 0.3) is 22.4 Å². The van der Waals surface area contributed by atoms with Crippen LogP contribution in [0.1, 0.15) is 59.7 Å². The average Bonchev–Trinajstić information content (AvgIpc) is 3.72. The smallest absolute Gasteiger partial charge is 0.219 e. The van der Waals surface area contributed by atoms with E-state index in [0.717, 1.165) is 84.7 Å². The molecule has 0 N–H and O–H groups in total. The van der Waals surface area contributed by atoms with Crippen molar-refractivity contribution in [2.24, 2.45) is 14.1 Å². The van der Waals surface area contributed by atoms with Crippen LogP contribution in [-0.2, 0) is 44.6 Å². The molecule has 42 heavy (non-hydrogen) atoms. The fourth-order valence-electron chi connectivity index (χ4n) is 6.37. The molecule has 4 aromatic heterocycles. The van der Waals surface area contributed by atoms with E-state index in [4.69, 9.17) is 15.1 Å². The lowest BCUT2D eigenvalue weighted by Crippen LogP contribution is -2.37. The second-order valence-corrected chi connectivity index (χ2v) is 11.6. The van der Waals surface area contributed by atoms with Crippen molar-refractivity contribution in [3.8, 4) is 22.4 Å². The topological polar surface area (TPSA) is 99.5 Å². The lowest BCUT2D eigenvalue weighted by Gasteiger charge is -2.31. The second-order valence-electron chi connectivity index (χ2n) is 11.6. The Morgan fingerprint density at radius 3 is 2.60 bits per heavy atom. The number of rotatable bonds is 6. The molecule has 10 heteroatoms. The zero-order valence-electron chi connectivity index (χ0n) is 24.4. The number of aryl methyl sites for hydroxylation is 4. The molecule has 0 atom stereocenters. The minimum atomic E-state index is 0.150. The largest absolute Gasteiger partial charge is 0.343 e. The molecule has 0 unspecified atom stereocenters. The summed E-state index contributed by atoms with van der Waals surface area (Å²) in [6.45, 7) is 3.21. The minimum Gasteiger partial charge on any atom is -0.343 e. The first-order valence-corrected chi connectivity index (χ1v) is 14.7. The number of carbonyl (C=O) groups excluding carboxylic acids is 1. The number of benzene rings is 1. The van der Waals surface area contributed by atoms with E-state index in [9.17, 15) is 4.79 Å². The average molecular weight is 562 g/mol. The summed E-state index contributed by atoms with van der Waals surface area (Å²) >= 11 is 0. The van der Waals surface area contributed by atoms with Gasteiger partial charge in [-0.05, 0) is 47.9 Å². The molecule has 1 amide bonds. The van der Waals surface area contributed by atoms with Gasteiger partial charge in [-0.3, -0.25) is 18.8 Å². The van der Waals surface area contributed by atoms with Gasteiger partial charge < -0.3 is 4.90 Å². The molecular weight excluding hydrogens is 526 g/mol. The first kappa shape index (κ1) is 26.3. The normalized spacial score (nSPS) is 15.1. The van der Waals surface area contributed by atoms with Gasteiger partial charge in [0.15, 0.2) is 0 Å². The van der Waals surface area contributed by atoms with E-state index in [1.54, 1.807) is 6.92 Å². The molecule has 0 spiro atoms. The Morgan fingerprint density at radius 1 is 0.952 bits per heavy atom. The van der Waals surface area contributed by atoms with Crippen molar-refractivity contribution in [2.75, 3.05) is 13.1 Å². The number of piperidine rings is 1. The van der Waals surface area contributed by atoms with Crippen LogP contribution in [0.3, 0.4) is 0 Å². The fraction of sp³-hybridized carbons (Fsp3) is 0.375. The van der Waals surface area contributed by atoms with E-state index in [-0.39, 0.29) is 5.91 Å².